The van der Waals surface area contributed by atoms with Crippen LogP contribution in [0.3, 0.4) is 0 Å². The van der Waals surface area contributed by atoms with E-state index in [2.05, 4.69) is 0 Å². The Bertz CT molecular complexity index is 864. The third-order valence-corrected chi connectivity index (χ3v) is 3.78. The Kier molecular flexibility index (Phi) is 4.47. The van der Waals surface area contributed by atoms with Crippen LogP contribution in [-0.2, 0) is 20.9 Å². The smallest absolute Gasteiger partial charge is 0.326 e. The molecule has 0 unspecified atom stereocenters. The first-order valence-electron chi connectivity index (χ1n) is 7.44. The van der Waals surface area contributed by atoms with Gasteiger partial charge in [-0.1, -0.05) is 18.2 Å². The maximum Gasteiger partial charge on any atom is 0.326 e. The van der Waals surface area contributed by atoms with E-state index in [1.165, 1.54) is 25.3 Å². The Labute approximate surface area is 142 Å². The van der Waals surface area contributed by atoms with Crippen molar-refractivity contribution in [3.8, 4) is 5.75 Å². The van der Waals surface area contributed by atoms with Gasteiger partial charge in [0.15, 0.2) is 11.6 Å². The number of carbonyl (C=O) groups is 3. The van der Waals surface area contributed by atoms with E-state index in [0.29, 0.717) is 11.3 Å². The van der Waals surface area contributed by atoms with Crippen molar-refractivity contribution in [3.63, 3.8) is 0 Å². The number of halogens is 1. The molecule has 0 saturated carbocycles. The molecule has 0 saturated heterocycles. The summed E-state index contributed by atoms with van der Waals surface area (Å²) in [6, 6.07) is 10.6. The molecule has 1 heterocycles. The minimum Gasteiger partial charge on any atom is -0.494 e. The van der Waals surface area contributed by atoms with Gasteiger partial charge in [-0.25, -0.2) is 4.39 Å². The first kappa shape index (κ1) is 16.6. The van der Waals surface area contributed by atoms with E-state index in [1.807, 2.05) is 0 Å². The number of methoxy groups -OCH3 is 1. The summed E-state index contributed by atoms with van der Waals surface area (Å²) < 4.78 is 23.5. The zero-order valence-corrected chi connectivity index (χ0v) is 13.3. The first-order chi connectivity index (χ1) is 12.0. The monoisotopic (exact) mass is 343 g/mol. The van der Waals surface area contributed by atoms with Gasteiger partial charge in [0, 0.05) is 0 Å². The van der Waals surface area contributed by atoms with Crippen LogP contribution in [0.2, 0.25) is 0 Å². The Morgan fingerprint density at radius 2 is 1.92 bits per heavy atom. The number of carbonyl (C=O) groups excluding carboxylic acids is 3. The van der Waals surface area contributed by atoms with Crippen molar-refractivity contribution < 1.29 is 28.2 Å². The van der Waals surface area contributed by atoms with Crippen molar-refractivity contribution in [2.75, 3.05) is 18.6 Å². The van der Waals surface area contributed by atoms with Crippen molar-refractivity contribution in [3.05, 3.63) is 59.4 Å². The quantitative estimate of drug-likeness (QED) is 0.614. The average Bonchev–Trinajstić information content (AvgIpc) is 2.85. The zero-order chi connectivity index (χ0) is 18.0. The molecule has 3 rings (SSSR count). The van der Waals surface area contributed by atoms with E-state index in [0.717, 1.165) is 4.90 Å². The molecule has 1 aliphatic heterocycles. The summed E-state index contributed by atoms with van der Waals surface area (Å²) >= 11 is 0. The van der Waals surface area contributed by atoms with Gasteiger partial charge in [0.2, 0.25) is 0 Å². The molecule has 0 fully saturated rings. The molecular formula is C18H14FNO5. The fourth-order valence-corrected chi connectivity index (χ4v) is 2.54. The molecule has 2 aromatic carbocycles. The number of hydrogen-bond acceptors (Lipinski definition) is 5. The van der Waals surface area contributed by atoms with Gasteiger partial charge in [-0.3, -0.25) is 19.3 Å². The number of benzene rings is 2. The van der Waals surface area contributed by atoms with Crippen molar-refractivity contribution >= 4 is 23.3 Å². The number of ketones is 1. The molecular weight excluding hydrogens is 329 g/mol. The third-order valence-electron chi connectivity index (χ3n) is 3.78. The summed E-state index contributed by atoms with van der Waals surface area (Å²) in [5.41, 5.74) is 1.08. The number of ether oxygens (including phenoxy) is 2. The second-order valence-corrected chi connectivity index (χ2v) is 5.37. The molecule has 0 aliphatic carbocycles. The number of rotatable bonds is 5. The first-order valence-corrected chi connectivity index (χ1v) is 7.44. The number of anilines is 1. The fourth-order valence-electron chi connectivity index (χ4n) is 2.54. The number of esters is 1. The molecule has 7 heteroatoms. The summed E-state index contributed by atoms with van der Waals surface area (Å²) in [4.78, 5) is 36.9. The molecule has 1 aliphatic rings. The summed E-state index contributed by atoms with van der Waals surface area (Å²) in [6.45, 7) is -0.544. The Balaban J connectivity index is 1.64. The van der Waals surface area contributed by atoms with E-state index in [9.17, 15) is 18.8 Å². The molecule has 0 aromatic heterocycles. The highest BCUT2D eigenvalue weighted by Gasteiger charge is 2.36. The van der Waals surface area contributed by atoms with Crippen LogP contribution in [0.4, 0.5) is 10.1 Å². The predicted octanol–water partition coefficient (Wildman–Crippen LogP) is 2.11. The highest BCUT2D eigenvalue weighted by Crippen LogP contribution is 2.28. The largest absolute Gasteiger partial charge is 0.494 e. The lowest BCUT2D eigenvalue weighted by Gasteiger charge is -2.15. The maximum absolute atomic E-state index is 13.6. The SMILES string of the molecule is COc1ccc(COC(=O)CN2C(=O)C(=O)c3ccccc32)cc1F. The number of amides is 1. The van der Waals surface area contributed by atoms with Crippen LogP contribution in [0.5, 0.6) is 5.75 Å². The summed E-state index contributed by atoms with van der Waals surface area (Å²) in [5.74, 6) is -2.60. The van der Waals surface area contributed by atoms with Crippen molar-refractivity contribution in [2.45, 2.75) is 6.61 Å². The van der Waals surface area contributed by atoms with Crippen LogP contribution < -0.4 is 9.64 Å². The standard InChI is InChI=1S/C18H14FNO5/c1-24-15-7-6-11(8-13(15)19)10-25-16(21)9-20-14-5-3-2-4-12(14)17(22)18(20)23/h2-8H,9-10H2,1H3. The number of hydrogen-bond donors (Lipinski definition) is 0. The number of nitrogens with zero attached hydrogens (tertiary/aromatic N) is 1. The average molecular weight is 343 g/mol. The van der Waals surface area contributed by atoms with Crippen LogP contribution in [-0.4, -0.2) is 31.3 Å². The van der Waals surface area contributed by atoms with Gasteiger partial charge in [-0.2, -0.15) is 0 Å². The van der Waals surface area contributed by atoms with E-state index in [4.69, 9.17) is 9.47 Å². The summed E-state index contributed by atoms with van der Waals surface area (Å²) in [6.07, 6.45) is 0. The molecule has 1 amide bonds. The van der Waals surface area contributed by atoms with Gasteiger partial charge in [-0.15, -0.1) is 0 Å². The Hall–Kier alpha value is -3.22. The minimum atomic E-state index is -0.770. The van der Waals surface area contributed by atoms with Crippen molar-refractivity contribution in [1.29, 1.82) is 0 Å². The number of fused-ring (bicyclic) bond motifs is 1. The lowest BCUT2D eigenvalue weighted by molar-refractivity contribution is -0.143. The molecule has 0 N–H and O–H groups in total. The minimum absolute atomic E-state index is 0.0906. The maximum atomic E-state index is 13.6. The predicted molar refractivity (Wildman–Crippen MR) is 85.9 cm³/mol. The molecule has 2 aromatic rings. The van der Waals surface area contributed by atoms with Crippen molar-refractivity contribution in [1.82, 2.24) is 0 Å². The summed E-state index contributed by atoms with van der Waals surface area (Å²) in [5, 5.41) is 0. The van der Waals surface area contributed by atoms with E-state index < -0.39 is 23.5 Å². The van der Waals surface area contributed by atoms with Gasteiger partial charge < -0.3 is 9.47 Å². The van der Waals surface area contributed by atoms with Crippen molar-refractivity contribution in [2.24, 2.45) is 0 Å². The van der Waals surface area contributed by atoms with Crippen LogP contribution in [0, 0.1) is 5.82 Å². The number of para-hydroxylation sites is 1. The third kappa shape index (κ3) is 3.21. The molecule has 0 spiro atoms. The van der Waals surface area contributed by atoms with Crippen LogP contribution in [0.15, 0.2) is 42.5 Å². The molecule has 0 bridgehead atoms. The normalized spacial score (nSPS) is 13.0. The topological polar surface area (TPSA) is 72.9 Å². The molecule has 6 nitrogen and oxygen atoms in total. The lowest BCUT2D eigenvalue weighted by atomic mass is 10.1. The second-order valence-electron chi connectivity index (χ2n) is 5.37. The molecule has 0 radical (unpaired) electrons. The van der Waals surface area contributed by atoms with Crippen LogP contribution in [0.1, 0.15) is 15.9 Å². The van der Waals surface area contributed by atoms with Gasteiger partial charge >= 0.3 is 5.97 Å². The van der Waals surface area contributed by atoms with Gasteiger partial charge in [0.25, 0.3) is 11.7 Å². The highest BCUT2D eigenvalue weighted by molar-refractivity contribution is 6.52. The Morgan fingerprint density at radius 1 is 1.16 bits per heavy atom. The summed E-state index contributed by atoms with van der Waals surface area (Å²) in [7, 11) is 1.35. The zero-order valence-electron chi connectivity index (χ0n) is 13.3. The fraction of sp³-hybridized carbons (Fsp3) is 0.167. The van der Waals surface area contributed by atoms with E-state index in [1.54, 1.807) is 24.3 Å². The van der Waals surface area contributed by atoms with E-state index in [-0.39, 0.29) is 24.5 Å². The molecule has 0 atom stereocenters. The van der Waals surface area contributed by atoms with Gasteiger partial charge in [-0.05, 0) is 29.8 Å². The van der Waals surface area contributed by atoms with Gasteiger partial charge in [0.05, 0.1) is 18.4 Å². The molecule has 25 heavy (non-hydrogen) atoms. The van der Waals surface area contributed by atoms with Gasteiger partial charge in [0.1, 0.15) is 13.2 Å². The molecule has 128 valence electrons. The van der Waals surface area contributed by atoms with E-state index >= 15 is 0 Å². The highest BCUT2D eigenvalue weighted by atomic mass is 19.1. The second kappa shape index (κ2) is 6.72. The number of Topliss-reactive ketones (excluding diaryl/α,β-unsaturated/α-hetero) is 1. The van der Waals surface area contributed by atoms with Crippen LogP contribution >= 0.6 is 0 Å². The lowest BCUT2D eigenvalue weighted by Crippen LogP contribution is -2.35. The van der Waals surface area contributed by atoms with Crippen LogP contribution in [0.25, 0.3) is 0 Å². The Morgan fingerprint density at radius 3 is 2.64 bits per heavy atom.